The van der Waals surface area contributed by atoms with E-state index in [2.05, 4.69) is 10.6 Å². The maximum atomic E-state index is 13.1. The number of likely N-dealkylation sites (tertiary alicyclic amines) is 1. The molecule has 13 heteroatoms. The van der Waals surface area contributed by atoms with E-state index in [0.29, 0.717) is 6.42 Å². The summed E-state index contributed by atoms with van der Waals surface area (Å²) < 4.78 is 0. The molecule has 0 aromatic heterocycles. The summed E-state index contributed by atoms with van der Waals surface area (Å²) >= 11 is 0. The first-order valence-electron chi connectivity index (χ1n) is 9.90. The minimum Gasteiger partial charge on any atom is -0.480 e. The molecule has 6 unspecified atom stereocenters. The normalized spacial score (nSPS) is 20.8. The molecule has 176 valence electrons. The number of carbonyl (C=O) groups excluding carboxylic acids is 4. The van der Waals surface area contributed by atoms with Gasteiger partial charge in [-0.25, -0.2) is 4.79 Å². The molecule has 0 aliphatic carbocycles. The summed E-state index contributed by atoms with van der Waals surface area (Å²) in [5.41, 5.74) is 10.7. The van der Waals surface area contributed by atoms with Gasteiger partial charge in [0.25, 0.3) is 0 Å². The van der Waals surface area contributed by atoms with Crippen molar-refractivity contribution in [2.24, 2.45) is 11.5 Å². The number of amides is 4. The van der Waals surface area contributed by atoms with Crippen molar-refractivity contribution in [2.75, 3.05) is 6.54 Å². The highest BCUT2D eigenvalue weighted by Gasteiger charge is 2.39. The van der Waals surface area contributed by atoms with Gasteiger partial charge in [0.1, 0.15) is 18.1 Å². The smallest absolute Gasteiger partial charge is 0.328 e. The van der Waals surface area contributed by atoms with Crippen molar-refractivity contribution < 1.29 is 39.3 Å². The summed E-state index contributed by atoms with van der Waals surface area (Å²) in [5.74, 6) is -4.39. The third-order valence-corrected chi connectivity index (χ3v) is 5.00. The minimum atomic E-state index is -1.56. The molecule has 0 saturated carbocycles. The molecule has 4 amide bonds. The maximum Gasteiger partial charge on any atom is 0.328 e. The van der Waals surface area contributed by atoms with Crippen molar-refractivity contribution in [3.05, 3.63) is 0 Å². The van der Waals surface area contributed by atoms with Gasteiger partial charge < -0.3 is 42.3 Å². The van der Waals surface area contributed by atoms with Crippen LogP contribution in [0.4, 0.5) is 0 Å². The van der Waals surface area contributed by atoms with E-state index in [9.17, 15) is 34.2 Å². The van der Waals surface area contributed by atoms with Gasteiger partial charge in [-0.3, -0.25) is 19.2 Å². The number of hydrogen-bond acceptors (Lipinski definition) is 8. The monoisotopic (exact) mass is 445 g/mol. The van der Waals surface area contributed by atoms with Gasteiger partial charge in [-0.1, -0.05) is 0 Å². The Morgan fingerprint density at radius 2 is 1.71 bits per heavy atom. The van der Waals surface area contributed by atoms with Gasteiger partial charge in [0.2, 0.25) is 23.6 Å². The van der Waals surface area contributed by atoms with Crippen molar-refractivity contribution >= 4 is 29.6 Å². The van der Waals surface area contributed by atoms with E-state index in [1.54, 1.807) is 0 Å². The number of aliphatic hydroxyl groups is 2. The fraction of sp³-hybridized carbons (Fsp3) is 0.722. The Bertz CT molecular complexity index is 698. The van der Waals surface area contributed by atoms with Gasteiger partial charge in [0, 0.05) is 13.0 Å². The lowest BCUT2D eigenvalue weighted by atomic mass is 10.1. The maximum absolute atomic E-state index is 13.1. The molecule has 0 aromatic carbocycles. The van der Waals surface area contributed by atoms with Crippen LogP contribution in [0.1, 0.15) is 39.5 Å². The highest BCUT2D eigenvalue weighted by Crippen LogP contribution is 2.20. The SMILES string of the molecule is CC(O)C(N)C(=O)NC(CCC(N)=O)C(=O)N1CCCC1C(=O)NC(C(=O)O)C(C)O. The summed E-state index contributed by atoms with van der Waals surface area (Å²) in [4.78, 5) is 61.4. The average molecular weight is 445 g/mol. The summed E-state index contributed by atoms with van der Waals surface area (Å²) in [5, 5.41) is 32.8. The Morgan fingerprint density at radius 3 is 2.19 bits per heavy atom. The Hall–Kier alpha value is -2.77. The standard InChI is InChI=1S/C18H31N5O8/c1-8(24)13(20)16(28)21-10(5-6-12(19)26)17(29)23-7-3-4-11(23)15(27)22-14(9(2)25)18(30)31/h8-11,13-14,24-25H,3-7,20H2,1-2H3,(H2,19,26)(H,21,28)(H,22,27)(H,30,31). The lowest BCUT2D eigenvalue weighted by molar-refractivity contribution is -0.147. The highest BCUT2D eigenvalue weighted by atomic mass is 16.4. The molecule has 1 saturated heterocycles. The number of aliphatic carboxylic acids is 1. The summed E-state index contributed by atoms with van der Waals surface area (Å²) in [6.45, 7) is 2.67. The van der Waals surface area contributed by atoms with Gasteiger partial charge in [0.15, 0.2) is 6.04 Å². The predicted octanol–water partition coefficient (Wildman–Crippen LogP) is -3.61. The van der Waals surface area contributed by atoms with E-state index in [0.717, 1.165) is 0 Å². The number of hydrogen-bond donors (Lipinski definition) is 7. The molecular weight excluding hydrogens is 414 g/mol. The number of nitrogens with zero attached hydrogens (tertiary/aromatic N) is 1. The van der Waals surface area contributed by atoms with E-state index in [4.69, 9.17) is 16.6 Å². The first-order valence-corrected chi connectivity index (χ1v) is 9.90. The lowest BCUT2D eigenvalue weighted by Gasteiger charge is -2.30. The van der Waals surface area contributed by atoms with Crippen LogP contribution < -0.4 is 22.1 Å². The van der Waals surface area contributed by atoms with E-state index in [-0.39, 0.29) is 25.8 Å². The van der Waals surface area contributed by atoms with Crippen LogP contribution in [0.15, 0.2) is 0 Å². The summed E-state index contributed by atoms with van der Waals surface area (Å²) in [7, 11) is 0. The number of aliphatic hydroxyl groups excluding tert-OH is 2. The summed E-state index contributed by atoms with van der Waals surface area (Å²) in [6, 6.07) is -5.12. The second-order valence-electron chi connectivity index (χ2n) is 7.59. The number of carboxylic acids is 1. The Morgan fingerprint density at radius 1 is 1.10 bits per heavy atom. The van der Waals surface area contributed by atoms with Crippen LogP contribution in [0.3, 0.4) is 0 Å². The van der Waals surface area contributed by atoms with Crippen molar-refractivity contribution in [3.63, 3.8) is 0 Å². The van der Waals surface area contributed by atoms with Crippen LogP contribution in [0, 0.1) is 0 Å². The number of rotatable bonds is 11. The molecule has 0 aromatic rings. The zero-order chi connectivity index (χ0) is 23.9. The first kappa shape index (κ1) is 26.3. The third-order valence-electron chi connectivity index (χ3n) is 5.00. The topological polar surface area (TPSA) is 225 Å². The van der Waals surface area contributed by atoms with Gasteiger partial charge in [0.05, 0.1) is 12.2 Å². The van der Waals surface area contributed by atoms with Crippen LogP contribution in [0.25, 0.3) is 0 Å². The second kappa shape index (κ2) is 11.6. The number of nitrogens with two attached hydrogens (primary N) is 2. The fourth-order valence-corrected chi connectivity index (χ4v) is 3.17. The molecule has 1 rings (SSSR count). The summed E-state index contributed by atoms with van der Waals surface area (Å²) in [6.07, 6.45) is -2.24. The average Bonchev–Trinajstić information content (AvgIpc) is 3.16. The Balaban J connectivity index is 2.99. The van der Waals surface area contributed by atoms with E-state index in [1.165, 1.54) is 18.7 Å². The number of carbonyl (C=O) groups is 5. The third kappa shape index (κ3) is 7.45. The molecule has 13 nitrogen and oxygen atoms in total. The largest absolute Gasteiger partial charge is 0.480 e. The Labute approximate surface area is 179 Å². The molecular formula is C18H31N5O8. The molecule has 0 radical (unpaired) electrons. The van der Waals surface area contributed by atoms with Crippen LogP contribution in [0.2, 0.25) is 0 Å². The molecule has 1 heterocycles. The highest BCUT2D eigenvalue weighted by molar-refractivity contribution is 5.95. The molecule has 1 aliphatic heterocycles. The fourth-order valence-electron chi connectivity index (χ4n) is 3.17. The first-order chi connectivity index (χ1) is 14.4. The Kier molecular flexibility index (Phi) is 9.81. The zero-order valence-corrected chi connectivity index (χ0v) is 17.5. The predicted molar refractivity (Wildman–Crippen MR) is 106 cm³/mol. The molecule has 0 bridgehead atoms. The van der Waals surface area contributed by atoms with Gasteiger partial charge in [-0.05, 0) is 33.1 Å². The van der Waals surface area contributed by atoms with Crippen LogP contribution in [0.5, 0.6) is 0 Å². The zero-order valence-electron chi connectivity index (χ0n) is 17.5. The van der Waals surface area contributed by atoms with Crippen molar-refractivity contribution in [2.45, 2.75) is 75.9 Å². The molecule has 1 aliphatic rings. The van der Waals surface area contributed by atoms with E-state index in [1.807, 2.05) is 0 Å². The van der Waals surface area contributed by atoms with Crippen LogP contribution >= 0.6 is 0 Å². The lowest BCUT2D eigenvalue weighted by Crippen LogP contribution is -2.58. The van der Waals surface area contributed by atoms with Gasteiger partial charge >= 0.3 is 5.97 Å². The van der Waals surface area contributed by atoms with Crippen molar-refractivity contribution in [1.29, 1.82) is 0 Å². The van der Waals surface area contributed by atoms with Crippen LogP contribution in [-0.2, 0) is 24.0 Å². The molecule has 6 atom stereocenters. The second-order valence-corrected chi connectivity index (χ2v) is 7.59. The van der Waals surface area contributed by atoms with Gasteiger partial charge in [-0.15, -0.1) is 0 Å². The number of carboxylic acid groups (broad SMARTS) is 1. The molecule has 1 fully saturated rings. The number of primary amides is 1. The molecule has 0 spiro atoms. The molecule has 9 N–H and O–H groups in total. The van der Waals surface area contributed by atoms with Gasteiger partial charge in [-0.2, -0.15) is 0 Å². The van der Waals surface area contributed by atoms with E-state index >= 15 is 0 Å². The number of nitrogens with one attached hydrogen (secondary N) is 2. The van der Waals surface area contributed by atoms with E-state index < -0.39 is 66.0 Å². The van der Waals surface area contributed by atoms with Crippen molar-refractivity contribution in [1.82, 2.24) is 15.5 Å². The van der Waals surface area contributed by atoms with Crippen LogP contribution in [-0.4, -0.2) is 92.7 Å². The molecule has 31 heavy (non-hydrogen) atoms. The van der Waals surface area contributed by atoms with Crippen molar-refractivity contribution in [3.8, 4) is 0 Å². The minimum absolute atomic E-state index is 0.150. The quantitative estimate of drug-likeness (QED) is 0.166.